The minimum Gasteiger partial charge on any atom is -0.384 e. The lowest BCUT2D eigenvalue weighted by atomic mass is 9.88. The Morgan fingerprint density at radius 3 is 2.71 bits per heavy atom. The molecule has 4 N–H and O–H groups in total. The molecule has 2 rings (SSSR count). The topological polar surface area (TPSA) is 78.1 Å². The van der Waals surface area contributed by atoms with Crippen LogP contribution in [0.3, 0.4) is 0 Å². The van der Waals surface area contributed by atoms with Crippen molar-refractivity contribution >= 4 is 11.6 Å². The van der Waals surface area contributed by atoms with E-state index in [4.69, 9.17) is 0 Å². The number of aromatic nitrogens is 1. The molecule has 6 heteroatoms. The summed E-state index contributed by atoms with van der Waals surface area (Å²) in [6.07, 6.45) is 16.1. The molecule has 0 bridgehead atoms. The van der Waals surface area contributed by atoms with Crippen LogP contribution < -0.4 is 21.3 Å². The second-order valence-corrected chi connectivity index (χ2v) is 9.89. The highest BCUT2D eigenvalue weighted by molar-refractivity contribution is 5.95. The summed E-state index contributed by atoms with van der Waals surface area (Å²) in [7, 11) is 1.92. The zero-order chi connectivity index (χ0) is 24.9. The second kappa shape index (κ2) is 14.7. The molecule has 0 saturated carbocycles. The van der Waals surface area contributed by atoms with E-state index < -0.39 is 0 Å². The van der Waals surface area contributed by atoms with Crippen molar-refractivity contribution in [3.05, 3.63) is 59.6 Å². The van der Waals surface area contributed by atoms with E-state index in [-0.39, 0.29) is 11.9 Å². The van der Waals surface area contributed by atoms with Gasteiger partial charge in [-0.05, 0) is 70.1 Å². The molecule has 0 aliphatic heterocycles. The number of amides is 1. The molecule has 1 aliphatic carbocycles. The monoisotopic (exact) mass is 467 g/mol. The molecule has 188 valence electrons. The summed E-state index contributed by atoms with van der Waals surface area (Å²) in [5, 5.41) is 13.2. The Balaban J connectivity index is 1.88. The van der Waals surface area contributed by atoms with Crippen LogP contribution in [0.25, 0.3) is 0 Å². The van der Waals surface area contributed by atoms with Gasteiger partial charge in [-0.2, -0.15) is 0 Å². The highest BCUT2D eigenvalue weighted by Gasteiger charge is 2.17. The van der Waals surface area contributed by atoms with Crippen molar-refractivity contribution in [3.8, 4) is 0 Å². The summed E-state index contributed by atoms with van der Waals surface area (Å²) in [5.74, 6) is 1.72. The van der Waals surface area contributed by atoms with Gasteiger partial charge in [0.25, 0.3) is 5.91 Å². The minimum absolute atomic E-state index is 0.123. The molecule has 6 nitrogen and oxygen atoms in total. The molecule has 0 fully saturated rings. The van der Waals surface area contributed by atoms with Crippen molar-refractivity contribution in [2.24, 2.45) is 17.8 Å². The van der Waals surface area contributed by atoms with Gasteiger partial charge in [0.05, 0.1) is 11.3 Å². The average Bonchev–Trinajstić information content (AvgIpc) is 3.00. The highest BCUT2D eigenvalue weighted by Crippen LogP contribution is 2.22. The number of nitrogens with zero attached hydrogens (tertiary/aromatic N) is 1. The predicted molar refractivity (Wildman–Crippen MR) is 144 cm³/mol. The van der Waals surface area contributed by atoms with Gasteiger partial charge in [0.2, 0.25) is 0 Å². The smallest absolute Gasteiger partial charge is 0.257 e. The molecule has 1 aliphatic rings. The SMILES string of the molecule is C/C=C/C(C)C(C)CC[C@H](C)CNc1cncc(C(=O)NC2=CC=C(C)CC(NCNC)C2)c1. The molecule has 0 radical (unpaired) electrons. The van der Waals surface area contributed by atoms with Gasteiger partial charge < -0.3 is 21.3 Å². The summed E-state index contributed by atoms with van der Waals surface area (Å²) < 4.78 is 0. The van der Waals surface area contributed by atoms with Crippen LogP contribution in [0, 0.1) is 17.8 Å². The first-order chi connectivity index (χ1) is 16.3. The fraction of sp³-hybridized carbons (Fsp3) is 0.571. The van der Waals surface area contributed by atoms with E-state index in [1.165, 1.54) is 18.4 Å². The lowest BCUT2D eigenvalue weighted by Gasteiger charge is -2.20. The number of hydrogen-bond acceptors (Lipinski definition) is 5. The molecular formula is C28H45N5O. The molecule has 0 aromatic carbocycles. The summed E-state index contributed by atoms with van der Waals surface area (Å²) >= 11 is 0. The lowest BCUT2D eigenvalue weighted by Crippen LogP contribution is -2.37. The summed E-state index contributed by atoms with van der Waals surface area (Å²) in [5.41, 5.74) is 3.67. The first-order valence-electron chi connectivity index (χ1n) is 12.7. The van der Waals surface area contributed by atoms with E-state index in [9.17, 15) is 4.79 Å². The molecule has 1 amide bonds. The minimum atomic E-state index is -0.123. The van der Waals surface area contributed by atoms with Gasteiger partial charge in [-0.1, -0.05) is 44.6 Å². The summed E-state index contributed by atoms with van der Waals surface area (Å²) in [6, 6.07) is 2.18. The van der Waals surface area contributed by atoms with Crippen molar-refractivity contribution in [2.75, 3.05) is 25.6 Å². The summed E-state index contributed by atoms with van der Waals surface area (Å²) in [6.45, 7) is 12.7. The Bertz CT molecular complexity index is 860. The molecule has 0 saturated heterocycles. The van der Waals surface area contributed by atoms with E-state index in [1.807, 2.05) is 19.2 Å². The number of anilines is 1. The van der Waals surface area contributed by atoms with Crippen LogP contribution in [0.5, 0.6) is 0 Å². The molecule has 1 aromatic rings. The van der Waals surface area contributed by atoms with Crippen molar-refractivity contribution < 1.29 is 4.79 Å². The van der Waals surface area contributed by atoms with Crippen LogP contribution in [0.15, 0.2) is 54.0 Å². The first-order valence-corrected chi connectivity index (χ1v) is 12.7. The number of allylic oxidation sites excluding steroid dienone is 4. The standard InChI is InChI=1S/C28H45N5O/c1-7-8-22(4)23(5)11-9-21(3)16-31-27-14-24(17-30-18-27)28(34)33-25-12-10-20(2)13-26(15-25)32-19-29-6/h7-8,10,12,14,17-18,21-23,26,29,31-32H,9,11,13,15-16,19H2,1-6H3,(H,33,34)/b8-7+/t21-,22?,23?,26?/m0/s1. The zero-order valence-electron chi connectivity index (χ0n) is 21.9. The number of carbonyl (C=O) groups is 1. The second-order valence-electron chi connectivity index (χ2n) is 9.89. The number of rotatable bonds is 13. The third-order valence-electron chi connectivity index (χ3n) is 6.61. The number of carbonyl (C=O) groups excluding carboxylic acids is 1. The Morgan fingerprint density at radius 2 is 1.97 bits per heavy atom. The normalized spacial score (nSPS) is 19.1. The van der Waals surface area contributed by atoms with Crippen LogP contribution in [-0.2, 0) is 0 Å². The maximum atomic E-state index is 12.9. The molecule has 0 spiro atoms. The maximum absolute atomic E-state index is 12.9. The Morgan fingerprint density at radius 1 is 1.18 bits per heavy atom. The highest BCUT2D eigenvalue weighted by atomic mass is 16.1. The fourth-order valence-corrected chi connectivity index (χ4v) is 4.17. The molecular weight excluding hydrogens is 422 g/mol. The average molecular weight is 468 g/mol. The van der Waals surface area contributed by atoms with Gasteiger partial charge in [0, 0.05) is 43.8 Å². The van der Waals surface area contributed by atoms with Crippen molar-refractivity contribution in [3.63, 3.8) is 0 Å². The lowest BCUT2D eigenvalue weighted by molar-refractivity contribution is 0.0963. The van der Waals surface area contributed by atoms with Crippen LogP contribution in [0.2, 0.25) is 0 Å². The van der Waals surface area contributed by atoms with E-state index >= 15 is 0 Å². The Kier molecular flexibility index (Phi) is 12.1. The zero-order valence-corrected chi connectivity index (χ0v) is 21.9. The van der Waals surface area contributed by atoms with Crippen molar-refractivity contribution in [1.82, 2.24) is 20.9 Å². The van der Waals surface area contributed by atoms with Crippen molar-refractivity contribution in [2.45, 2.75) is 66.3 Å². The van der Waals surface area contributed by atoms with E-state index in [2.05, 4.69) is 79.1 Å². The van der Waals surface area contributed by atoms with Crippen molar-refractivity contribution in [1.29, 1.82) is 0 Å². The van der Waals surface area contributed by atoms with Crippen LogP contribution in [-0.4, -0.2) is 37.2 Å². The summed E-state index contributed by atoms with van der Waals surface area (Å²) in [4.78, 5) is 17.2. The fourth-order valence-electron chi connectivity index (χ4n) is 4.17. The van der Waals surface area contributed by atoms with Gasteiger partial charge in [-0.3, -0.25) is 9.78 Å². The molecule has 3 unspecified atom stereocenters. The molecule has 1 heterocycles. The van der Waals surface area contributed by atoms with E-state index in [0.29, 0.717) is 23.3 Å². The number of nitrogens with one attached hydrogen (secondary N) is 4. The number of pyridine rings is 1. The first kappa shape index (κ1) is 27.8. The quantitative estimate of drug-likeness (QED) is 0.235. The third-order valence-corrected chi connectivity index (χ3v) is 6.61. The Hall–Kier alpha value is -2.44. The van der Waals surface area contributed by atoms with Crippen LogP contribution in [0.4, 0.5) is 5.69 Å². The molecule has 1 aromatic heterocycles. The van der Waals surface area contributed by atoms with Gasteiger partial charge in [0.15, 0.2) is 0 Å². The van der Waals surface area contributed by atoms with Gasteiger partial charge in [0.1, 0.15) is 0 Å². The van der Waals surface area contributed by atoms with Crippen LogP contribution >= 0.6 is 0 Å². The van der Waals surface area contributed by atoms with E-state index in [1.54, 1.807) is 12.4 Å². The third kappa shape index (κ3) is 9.82. The predicted octanol–water partition coefficient (Wildman–Crippen LogP) is 5.25. The van der Waals surface area contributed by atoms with E-state index in [0.717, 1.165) is 37.4 Å². The maximum Gasteiger partial charge on any atom is 0.257 e. The Labute approximate surface area is 206 Å². The van der Waals surface area contributed by atoms with Crippen LogP contribution in [0.1, 0.15) is 70.7 Å². The van der Waals surface area contributed by atoms with Gasteiger partial charge >= 0.3 is 0 Å². The number of hydrogen-bond donors (Lipinski definition) is 4. The molecule has 34 heavy (non-hydrogen) atoms. The van der Waals surface area contributed by atoms with Gasteiger partial charge in [-0.25, -0.2) is 0 Å². The largest absolute Gasteiger partial charge is 0.384 e. The van der Waals surface area contributed by atoms with Gasteiger partial charge in [-0.15, -0.1) is 0 Å². The molecule has 4 atom stereocenters.